The molecule has 0 N–H and O–H groups in total. The summed E-state index contributed by atoms with van der Waals surface area (Å²) >= 11 is 0. The third-order valence-electron chi connectivity index (χ3n) is 33.5. The highest BCUT2D eigenvalue weighted by Crippen LogP contribution is 2.69. The van der Waals surface area contributed by atoms with Crippen LogP contribution in [0.5, 0.6) is 0 Å². The van der Waals surface area contributed by atoms with Gasteiger partial charge in [0, 0.05) is 76.8 Å². The van der Waals surface area contributed by atoms with Crippen molar-refractivity contribution in [1.29, 1.82) is 0 Å². The summed E-state index contributed by atoms with van der Waals surface area (Å²) in [4.78, 5) is 2.67. The van der Waals surface area contributed by atoms with E-state index in [0.29, 0.717) is 0 Å². The molecule has 5 aliphatic carbocycles. The fourth-order valence-electron chi connectivity index (χ4n) is 26.5. The quantitative estimate of drug-likeness (QED) is 0.0357. The molecule has 5 aliphatic rings. The van der Waals surface area contributed by atoms with Crippen molar-refractivity contribution < 1.29 is 8.83 Å². The van der Waals surface area contributed by atoms with Gasteiger partial charge < -0.3 is 13.7 Å². The van der Waals surface area contributed by atoms with Crippen LogP contribution in [0.15, 0.2) is 251 Å². The zero-order valence-corrected chi connectivity index (χ0v) is 82.3. The minimum Gasteiger partial charge on any atom is -0.455 e. The first-order valence-electron chi connectivity index (χ1n) is 53.1. The van der Waals surface area contributed by atoms with Crippen molar-refractivity contribution in [2.75, 3.05) is 4.90 Å². The number of aryl methyl sites for hydroxylation is 1. The zero-order valence-electron chi connectivity index (χ0n) is 82.3. The lowest BCUT2D eigenvalue weighted by atomic mass is 9.62. The van der Waals surface area contributed by atoms with Crippen LogP contribution in [0.25, 0.3) is 133 Å². The molecular weight excluding hydrogens is 1610 g/mol. The molecule has 13 aromatic carbocycles. The molecule has 0 saturated heterocycles. The van der Waals surface area contributed by atoms with Crippen LogP contribution in [0, 0.1) is 6.92 Å². The van der Waals surface area contributed by atoms with Gasteiger partial charge in [0.2, 0.25) is 0 Å². The molecule has 0 saturated carbocycles. The SMILES string of the molecule is CCCCCCCC1(CCCCCCC)c2ccccc2-c2ccc(-c3ccc4c(c3)C(C)(C)c3cc(-c5ccc(-c6cc7c(c8c6oc6ccccc68)-c6ccc(N(c8ccc9c(c8)C(CCCCCCC)(CCCCCCC)c8c%10c(c%11oc%12ccccc%12c%11c8-9)-c8ccccc8C%10(CCCCCCC)CCCCCCC)c8ccccc8C)cc6C7(C)C)cc5)ccc3-4)cc21. The van der Waals surface area contributed by atoms with E-state index >= 15 is 0 Å². The number of hydrogen-bond donors (Lipinski definition) is 0. The van der Waals surface area contributed by atoms with E-state index in [-0.39, 0.29) is 21.7 Å². The Bertz CT molecular complexity index is 6740. The van der Waals surface area contributed by atoms with Gasteiger partial charge in [-0.05, 0) is 251 Å². The van der Waals surface area contributed by atoms with Gasteiger partial charge >= 0.3 is 0 Å². The summed E-state index contributed by atoms with van der Waals surface area (Å²) in [6.45, 7) is 26.4. The fraction of sp³-hybridized carbons (Fsp3) is 0.400. The predicted octanol–water partition coefficient (Wildman–Crippen LogP) is 39.8. The minimum atomic E-state index is -0.394. The van der Waals surface area contributed by atoms with E-state index in [1.165, 1.54) is 350 Å². The van der Waals surface area contributed by atoms with Crippen molar-refractivity contribution in [3.8, 4) is 89.0 Å². The monoisotopic (exact) mass is 1750 g/mol. The van der Waals surface area contributed by atoms with Gasteiger partial charge in [-0.15, -0.1) is 0 Å². The number of unbranched alkanes of at least 4 members (excludes halogenated alkanes) is 24. The Morgan fingerprint density at radius 2 is 0.579 bits per heavy atom. The summed E-state index contributed by atoms with van der Waals surface area (Å²) in [6.07, 6.45) is 45.2. The van der Waals surface area contributed by atoms with E-state index in [0.717, 1.165) is 64.5 Å². The second-order valence-corrected chi connectivity index (χ2v) is 42.5. The van der Waals surface area contributed by atoms with Crippen LogP contribution in [-0.2, 0) is 27.1 Å². The molecule has 0 amide bonds. The Labute approximate surface area is 796 Å². The van der Waals surface area contributed by atoms with Crippen LogP contribution < -0.4 is 4.90 Å². The molecule has 0 bridgehead atoms. The third kappa shape index (κ3) is 15.7. The molecule has 3 heteroatoms. The summed E-state index contributed by atoms with van der Waals surface area (Å²) < 4.78 is 14.9. The molecule has 2 aromatic heterocycles. The maximum absolute atomic E-state index is 7.63. The summed E-state index contributed by atoms with van der Waals surface area (Å²) in [5, 5.41) is 4.94. The summed E-state index contributed by atoms with van der Waals surface area (Å²) in [5.41, 5.74) is 44.2. The van der Waals surface area contributed by atoms with Crippen LogP contribution in [0.4, 0.5) is 17.1 Å². The van der Waals surface area contributed by atoms with Crippen LogP contribution in [0.2, 0.25) is 0 Å². The highest BCUT2D eigenvalue weighted by atomic mass is 16.3. The smallest absolute Gasteiger partial charge is 0.144 e. The van der Waals surface area contributed by atoms with Crippen molar-refractivity contribution >= 4 is 60.9 Å². The molecule has 0 fully saturated rings. The van der Waals surface area contributed by atoms with Crippen LogP contribution in [0.3, 0.4) is 0 Å². The number of hydrogen-bond acceptors (Lipinski definition) is 3. The number of nitrogens with zero attached hydrogens (tertiary/aromatic N) is 1. The van der Waals surface area contributed by atoms with E-state index in [4.69, 9.17) is 8.83 Å². The maximum atomic E-state index is 7.63. The highest BCUT2D eigenvalue weighted by molar-refractivity contribution is 6.22. The molecule has 2 heterocycles. The molecule has 682 valence electrons. The van der Waals surface area contributed by atoms with Crippen molar-refractivity contribution in [3.63, 3.8) is 0 Å². The average Bonchev–Trinajstić information content (AvgIpc) is 1.49. The maximum Gasteiger partial charge on any atom is 0.144 e. The molecule has 15 aromatic rings. The molecule has 0 unspecified atom stereocenters. The van der Waals surface area contributed by atoms with Gasteiger partial charge in [0.25, 0.3) is 0 Å². The van der Waals surface area contributed by atoms with E-state index in [9.17, 15) is 0 Å². The Morgan fingerprint density at radius 1 is 0.241 bits per heavy atom. The van der Waals surface area contributed by atoms with E-state index < -0.39 is 5.41 Å². The second kappa shape index (κ2) is 38.2. The molecule has 0 aliphatic heterocycles. The van der Waals surface area contributed by atoms with E-state index in [2.05, 4.69) is 324 Å². The first-order valence-corrected chi connectivity index (χ1v) is 53.1. The number of para-hydroxylation sites is 3. The number of benzene rings is 13. The third-order valence-corrected chi connectivity index (χ3v) is 33.5. The average molecular weight is 1750 g/mol. The minimum absolute atomic E-state index is 0.0406. The predicted molar refractivity (Wildman–Crippen MR) is 571 cm³/mol. The Morgan fingerprint density at radius 3 is 1.10 bits per heavy atom. The van der Waals surface area contributed by atoms with Gasteiger partial charge in [0.1, 0.15) is 22.3 Å². The first-order chi connectivity index (χ1) is 65.2. The fourth-order valence-corrected chi connectivity index (χ4v) is 26.5. The van der Waals surface area contributed by atoms with E-state index in [1.807, 2.05) is 0 Å². The zero-order chi connectivity index (χ0) is 91.2. The standard InChI is InChI=1S/C130H145NO2/c1-12-18-24-30-46-76-128(77-47-31-25-19-13-2)106-57-41-37-53-96(106)99-73-68-93(84-111(99)128)92-67-72-98-97-71-66-91(82-108(97)126(8,9)109(98)83-92)89-62-64-90(65-63-89)105-87-113-117(119-103-55-39-44-60-115(103)132-124(105)119)101-74-69-94(85-110(101)127(113,10)11)131(114-59-43-36-52-88(114)7)95-70-75-102-112(86-95)130(80-50-34-28-22-16-5,81-51-35-29-23-17-6)122-118(102)120-104-56-40-45-61-116(104)133-125(120)121-100-54-38-42-58-107(100)129(123(121)122,78-48-32-26-20-14-3)79-49-33-27-21-15-4/h36-45,52-75,82-87H,12-35,46-51,76-81H2,1-11H3. The largest absolute Gasteiger partial charge is 0.455 e. The normalized spacial score (nSPS) is 14.9. The number of rotatable bonds is 42. The van der Waals surface area contributed by atoms with E-state index in [1.54, 1.807) is 27.8 Å². The lowest BCUT2D eigenvalue weighted by Crippen LogP contribution is -2.33. The lowest BCUT2D eigenvalue weighted by Gasteiger charge is -2.40. The van der Waals surface area contributed by atoms with Crippen LogP contribution in [-0.4, -0.2) is 0 Å². The van der Waals surface area contributed by atoms with Crippen molar-refractivity contribution in [3.05, 3.63) is 304 Å². The Hall–Kier alpha value is -10.7. The molecule has 0 radical (unpaired) electrons. The summed E-state index contributed by atoms with van der Waals surface area (Å²) in [6, 6.07) is 96.2. The Kier molecular flexibility index (Phi) is 25.9. The van der Waals surface area contributed by atoms with Gasteiger partial charge in [0.15, 0.2) is 0 Å². The molecule has 3 nitrogen and oxygen atoms in total. The molecular formula is C130H145NO2. The van der Waals surface area contributed by atoms with Crippen LogP contribution in [0.1, 0.15) is 362 Å². The van der Waals surface area contributed by atoms with Gasteiger partial charge in [-0.2, -0.15) is 0 Å². The molecule has 0 atom stereocenters. The van der Waals surface area contributed by atoms with Crippen molar-refractivity contribution in [2.45, 2.75) is 334 Å². The highest BCUT2D eigenvalue weighted by Gasteiger charge is 2.55. The lowest BCUT2D eigenvalue weighted by molar-refractivity contribution is 0.369. The topological polar surface area (TPSA) is 29.5 Å². The molecule has 133 heavy (non-hydrogen) atoms. The van der Waals surface area contributed by atoms with Gasteiger partial charge in [-0.3, -0.25) is 0 Å². The van der Waals surface area contributed by atoms with Gasteiger partial charge in [-0.25, -0.2) is 0 Å². The van der Waals surface area contributed by atoms with Gasteiger partial charge in [0.05, 0.1) is 0 Å². The summed E-state index contributed by atoms with van der Waals surface area (Å²) in [5.74, 6) is 0. The molecule has 20 rings (SSSR count). The van der Waals surface area contributed by atoms with Crippen molar-refractivity contribution in [2.24, 2.45) is 0 Å². The van der Waals surface area contributed by atoms with Gasteiger partial charge in [-0.1, -0.05) is 438 Å². The van der Waals surface area contributed by atoms with Crippen molar-refractivity contribution in [1.82, 2.24) is 0 Å². The Balaban J connectivity index is 0.673. The number of furan rings is 2. The first kappa shape index (κ1) is 90.1. The second-order valence-electron chi connectivity index (χ2n) is 42.5. The van der Waals surface area contributed by atoms with Crippen LogP contribution >= 0.6 is 0 Å². The number of anilines is 3. The summed E-state index contributed by atoms with van der Waals surface area (Å²) in [7, 11) is 0. The number of fused-ring (bicyclic) bond motifs is 25. The molecule has 0 spiro atoms.